The van der Waals surface area contributed by atoms with Crippen molar-refractivity contribution in [1.29, 1.82) is 0 Å². The summed E-state index contributed by atoms with van der Waals surface area (Å²) in [7, 11) is 0. The lowest BCUT2D eigenvalue weighted by Crippen LogP contribution is -2.16. The predicted octanol–water partition coefficient (Wildman–Crippen LogP) is 6.94. The molecule has 0 aliphatic carbocycles. The van der Waals surface area contributed by atoms with Crippen LogP contribution in [0.4, 0.5) is 0 Å². The topological polar surface area (TPSA) is 163 Å². The van der Waals surface area contributed by atoms with Gasteiger partial charge in [0, 0.05) is 6.42 Å². The molecule has 0 saturated heterocycles. The van der Waals surface area contributed by atoms with E-state index in [9.17, 15) is 9.59 Å². The van der Waals surface area contributed by atoms with E-state index in [0.717, 1.165) is 12.8 Å². The van der Waals surface area contributed by atoms with Crippen LogP contribution in [0, 0.1) is 0 Å². The van der Waals surface area contributed by atoms with Gasteiger partial charge in [-0.2, -0.15) is 0 Å². The second kappa shape index (κ2) is 56.6. The fourth-order valence-electron chi connectivity index (χ4n) is 5.84. The molecule has 63 heavy (non-hydrogen) atoms. The van der Waals surface area contributed by atoms with Crippen LogP contribution in [0.25, 0.3) is 0 Å². The average molecular weight is 913 g/mol. The van der Waals surface area contributed by atoms with Crippen molar-refractivity contribution in [3.05, 3.63) is 0 Å². The highest BCUT2D eigenvalue weighted by Gasteiger charge is 2.04. The maximum absolute atomic E-state index is 11.9. The summed E-state index contributed by atoms with van der Waals surface area (Å²) in [5.74, 6) is -0.388. The van der Waals surface area contributed by atoms with E-state index < -0.39 is 0 Å². The van der Waals surface area contributed by atoms with E-state index in [1.807, 2.05) is 0 Å². The molecule has 0 saturated carbocycles. The normalized spacial score (nSPS) is 11.5. The molecule has 0 rings (SSSR count). The van der Waals surface area contributed by atoms with Crippen LogP contribution in [-0.2, 0) is 75.9 Å². The van der Waals surface area contributed by atoms with Gasteiger partial charge in [0.25, 0.3) is 0 Å². The average Bonchev–Trinajstić information content (AvgIpc) is 3.28. The van der Waals surface area contributed by atoms with Gasteiger partial charge in [-0.05, 0) is 13.3 Å². The summed E-state index contributed by atoms with van der Waals surface area (Å²) in [4.78, 5) is 23.1. The van der Waals surface area contributed by atoms with Gasteiger partial charge in [0.15, 0.2) is 0 Å². The quantitative estimate of drug-likeness (QED) is 0.0455. The third-order valence-corrected chi connectivity index (χ3v) is 9.32. The largest absolute Gasteiger partial charge is 0.466 e. The lowest BCUT2D eigenvalue weighted by Gasteiger charge is -2.09. The van der Waals surface area contributed by atoms with E-state index in [1.54, 1.807) is 6.92 Å². The second-order valence-corrected chi connectivity index (χ2v) is 14.8. The van der Waals surface area contributed by atoms with Gasteiger partial charge in [-0.3, -0.25) is 9.59 Å². The van der Waals surface area contributed by atoms with Crippen molar-refractivity contribution < 1.29 is 75.9 Å². The number of hydrogen-bond donors (Lipinski definition) is 0. The Morgan fingerprint density at radius 3 is 0.730 bits per heavy atom. The van der Waals surface area contributed by atoms with Crippen LogP contribution < -0.4 is 0 Å². The minimum Gasteiger partial charge on any atom is -0.466 e. The molecule has 0 atom stereocenters. The van der Waals surface area contributed by atoms with Crippen LogP contribution in [0.5, 0.6) is 0 Å². The Bertz CT molecular complexity index is 886. The summed E-state index contributed by atoms with van der Waals surface area (Å²) >= 11 is 0. The highest BCUT2D eigenvalue weighted by Crippen LogP contribution is 2.14. The third-order valence-electron chi connectivity index (χ3n) is 9.32. The summed E-state index contributed by atoms with van der Waals surface area (Å²) in [6.45, 7) is 16.0. The molecule has 0 bridgehead atoms. The Morgan fingerprint density at radius 1 is 0.238 bits per heavy atom. The number of unbranched alkanes of at least 4 members (excludes halogenated alkanes) is 14. The molecule has 16 heteroatoms. The van der Waals surface area contributed by atoms with Crippen LogP contribution in [-0.4, -0.2) is 184 Å². The second-order valence-electron chi connectivity index (χ2n) is 14.8. The van der Waals surface area contributed by atoms with E-state index in [1.165, 1.54) is 83.5 Å². The summed E-state index contributed by atoms with van der Waals surface area (Å²) < 4.78 is 75.7. The van der Waals surface area contributed by atoms with Crippen molar-refractivity contribution in [3.8, 4) is 0 Å². The van der Waals surface area contributed by atoms with Crippen molar-refractivity contribution >= 4 is 11.9 Å². The number of esters is 2. The van der Waals surface area contributed by atoms with Crippen LogP contribution in [0.15, 0.2) is 0 Å². The van der Waals surface area contributed by atoms with E-state index in [4.69, 9.17) is 66.3 Å². The lowest BCUT2D eigenvalue weighted by atomic mass is 10.0. The van der Waals surface area contributed by atoms with E-state index in [-0.39, 0.29) is 25.0 Å². The van der Waals surface area contributed by atoms with Crippen molar-refractivity contribution in [3.63, 3.8) is 0 Å². The van der Waals surface area contributed by atoms with E-state index in [0.29, 0.717) is 172 Å². The number of ether oxygens (including phenoxy) is 14. The van der Waals surface area contributed by atoms with Gasteiger partial charge in [-0.1, -0.05) is 96.8 Å². The van der Waals surface area contributed by atoms with Gasteiger partial charge in [0.2, 0.25) is 0 Å². The van der Waals surface area contributed by atoms with E-state index >= 15 is 0 Å². The van der Waals surface area contributed by atoms with Crippen molar-refractivity contribution in [1.82, 2.24) is 0 Å². The molecule has 0 aromatic rings. The fraction of sp³-hybridized carbons (Fsp3) is 0.957. The lowest BCUT2D eigenvalue weighted by molar-refractivity contribution is -0.146. The van der Waals surface area contributed by atoms with E-state index in [2.05, 4.69) is 6.92 Å². The van der Waals surface area contributed by atoms with Crippen LogP contribution in [0.1, 0.15) is 123 Å². The summed E-state index contributed by atoms with van der Waals surface area (Å²) in [5.41, 5.74) is 0. The zero-order valence-corrected chi connectivity index (χ0v) is 39.9. The number of hydrogen-bond acceptors (Lipinski definition) is 16. The summed E-state index contributed by atoms with van der Waals surface area (Å²) in [6.07, 6.45) is 20.4. The molecular formula is C47H92O16. The Labute approximate surface area is 381 Å². The Hall–Kier alpha value is -1.54. The maximum Gasteiger partial charge on any atom is 0.308 e. The van der Waals surface area contributed by atoms with Gasteiger partial charge in [-0.25, -0.2) is 0 Å². The highest BCUT2D eigenvalue weighted by molar-refractivity contribution is 5.69. The number of rotatable bonds is 56. The number of carbonyl (C=O) groups excluding carboxylic acids is 2. The molecule has 0 aliphatic rings. The Morgan fingerprint density at radius 2 is 0.460 bits per heavy atom. The molecule has 376 valence electrons. The first kappa shape index (κ1) is 61.5. The molecule has 0 amide bonds. The zero-order valence-electron chi connectivity index (χ0n) is 39.9. The Kier molecular flexibility index (Phi) is 55.2. The molecule has 16 nitrogen and oxygen atoms in total. The first-order valence-electron chi connectivity index (χ1n) is 24.4. The first-order chi connectivity index (χ1) is 31.2. The van der Waals surface area contributed by atoms with Gasteiger partial charge < -0.3 is 66.3 Å². The molecule has 0 aromatic carbocycles. The van der Waals surface area contributed by atoms with Crippen LogP contribution >= 0.6 is 0 Å². The standard InChI is InChI=1S/C47H92O16/c1-3-5-6-7-8-9-10-11-12-13-14-15-16-17-18-19-46(48)63-45-44-61-43-42-60-41-40-59-39-38-58-37-36-57-35-34-56-33-32-55-31-30-54-29-28-53-27-26-52-25-24-51-23-22-50-21-20-47(49)62-4-2/h3-45H2,1-2H3. The van der Waals surface area contributed by atoms with Gasteiger partial charge in [-0.15, -0.1) is 0 Å². The molecular weight excluding hydrogens is 821 g/mol. The molecule has 0 aliphatic heterocycles. The monoisotopic (exact) mass is 913 g/mol. The molecule has 0 spiro atoms. The van der Waals surface area contributed by atoms with Crippen molar-refractivity contribution in [2.45, 2.75) is 123 Å². The SMILES string of the molecule is CCCCCCCCCCCCCCCCCC(=O)OCCOCCOCCOCCOCCOCCOCCOCCOCCOCCOCCOCCOCCC(=O)OCC. The molecule has 0 heterocycles. The van der Waals surface area contributed by atoms with Crippen LogP contribution in [0.3, 0.4) is 0 Å². The smallest absolute Gasteiger partial charge is 0.308 e. The molecule has 0 unspecified atom stereocenters. The molecule has 0 N–H and O–H groups in total. The van der Waals surface area contributed by atoms with Gasteiger partial charge in [0.05, 0.1) is 172 Å². The molecule has 0 radical (unpaired) electrons. The minimum atomic E-state index is -0.253. The maximum atomic E-state index is 11.9. The highest BCUT2D eigenvalue weighted by atomic mass is 16.6. The number of carbonyl (C=O) groups is 2. The van der Waals surface area contributed by atoms with Crippen molar-refractivity contribution in [2.75, 3.05) is 172 Å². The first-order valence-corrected chi connectivity index (χ1v) is 24.4. The summed E-state index contributed by atoms with van der Waals surface area (Å²) in [6, 6.07) is 0. The fourth-order valence-corrected chi connectivity index (χ4v) is 5.84. The van der Waals surface area contributed by atoms with Crippen molar-refractivity contribution in [2.24, 2.45) is 0 Å². The minimum absolute atomic E-state index is 0.134. The predicted molar refractivity (Wildman–Crippen MR) is 242 cm³/mol. The zero-order chi connectivity index (χ0) is 45.5. The molecule has 0 fully saturated rings. The van der Waals surface area contributed by atoms with Gasteiger partial charge >= 0.3 is 11.9 Å². The van der Waals surface area contributed by atoms with Gasteiger partial charge in [0.1, 0.15) is 6.61 Å². The third kappa shape index (κ3) is 56.5. The van der Waals surface area contributed by atoms with Crippen LogP contribution in [0.2, 0.25) is 0 Å². The Balaban J connectivity index is 3.13. The molecule has 0 aromatic heterocycles. The summed E-state index contributed by atoms with van der Waals surface area (Å²) in [5, 5.41) is 0.